The molecule has 1 fully saturated rings. The molecule has 1 saturated carbocycles. The number of hydrogen-bond donors (Lipinski definition) is 2. The molecular formula is C10H13N5O3S2. The van der Waals surface area contributed by atoms with E-state index in [0.717, 1.165) is 11.5 Å². The van der Waals surface area contributed by atoms with Crippen molar-refractivity contribution in [3.8, 4) is 0 Å². The molecule has 1 aliphatic rings. The van der Waals surface area contributed by atoms with Crippen LogP contribution in [0.3, 0.4) is 0 Å². The Bertz CT molecular complexity index is 691. The van der Waals surface area contributed by atoms with E-state index in [1.165, 1.54) is 6.33 Å². The fourth-order valence-electron chi connectivity index (χ4n) is 1.82. The molecule has 8 nitrogen and oxygen atoms in total. The molecule has 10 heteroatoms. The number of hydrogen-bond acceptors (Lipinski definition) is 9. The number of rotatable bonds is 6. The highest BCUT2D eigenvalue weighted by Gasteiger charge is 2.40. The van der Waals surface area contributed by atoms with Crippen molar-refractivity contribution in [2.45, 2.75) is 29.4 Å². The molecule has 3 rings (SSSR count). The summed E-state index contributed by atoms with van der Waals surface area (Å²) in [5.74, 6) is 0.559. The van der Waals surface area contributed by atoms with Gasteiger partial charge in [-0.2, -0.15) is 9.36 Å². The first-order valence-electron chi connectivity index (χ1n) is 6.07. The molecule has 0 radical (unpaired) electrons. The van der Waals surface area contributed by atoms with Gasteiger partial charge in [0.05, 0.1) is 5.25 Å². The van der Waals surface area contributed by atoms with E-state index in [-0.39, 0.29) is 16.0 Å². The van der Waals surface area contributed by atoms with Gasteiger partial charge in [0.2, 0.25) is 5.89 Å². The second kappa shape index (κ2) is 5.02. The van der Waals surface area contributed by atoms with Crippen LogP contribution in [0.5, 0.6) is 0 Å². The van der Waals surface area contributed by atoms with Gasteiger partial charge in [0.15, 0.2) is 22.0 Å². The molecule has 2 heterocycles. The molecule has 2 aromatic heterocycles. The molecule has 0 spiro atoms. The normalized spacial score (nSPS) is 15.4. The van der Waals surface area contributed by atoms with Crippen LogP contribution in [0.1, 0.15) is 18.7 Å². The number of sulfone groups is 1. The third kappa shape index (κ3) is 2.48. The maximum absolute atomic E-state index is 12.3. The lowest BCUT2D eigenvalue weighted by atomic mass is 10.4. The number of anilines is 2. The second-order valence-electron chi connectivity index (χ2n) is 4.48. The van der Waals surface area contributed by atoms with Crippen LogP contribution in [-0.4, -0.2) is 34.7 Å². The maximum Gasteiger partial charge on any atom is 0.228 e. The third-order valence-electron chi connectivity index (χ3n) is 2.95. The lowest BCUT2D eigenvalue weighted by Gasteiger charge is -2.06. The minimum Gasteiger partial charge on any atom is -0.382 e. The number of nitrogens with zero attached hydrogens (tertiary/aromatic N) is 3. The zero-order valence-corrected chi connectivity index (χ0v) is 12.1. The van der Waals surface area contributed by atoms with Crippen molar-refractivity contribution in [2.24, 2.45) is 0 Å². The van der Waals surface area contributed by atoms with Crippen LogP contribution >= 0.6 is 11.5 Å². The summed E-state index contributed by atoms with van der Waals surface area (Å²) in [5, 5.41) is 6.70. The highest BCUT2D eigenvalue weighted by atomic mass is 32.2. The number of aromatic nitrogens is 3. The highest BCUT2D eigenvalue weighted by Crippen LogP contribution is 2.40. The van der Waals surface area contributed by atoms with Crippen molar-refractivity contribution in [3.05, 3.63) is 12.2 Å². The van der Waals surface area contributed by atoms with Crippen molar-refractivity contribution in [2.75, 3.05) is 17.6 Å². The van der Waals surface area contributed by atoms with Crippen LogP contribution in [0.15, 0.2) is 15.7 Å². The summed E-state index contributed by atoms with van der Waals surface area (Å²) < 4.78 is 33.4. The molecule has 0 atom stereocenters. The molecule has 20 heavy (non-hydrogen) atoms. The van der Waals surface area contributed by atoms with E-state index in [1.807, 2.05) is 0 Å². The van der Waals surface area contributed by atoms with Gasteiger partial charge in [0, 0.05) is 13.0 Å². The quantitative estimate of drug-likeness (QED) is 0.798. The van der Waals surface area contributed by atoms with Gasteiger partial charge in [-0.05, 0) is 24.4 Å². The molecule has 0 saturated heterocycles. The maximum atomic E-state index is 12.3. The lowest BCUT2D eigenvalue weighted by Crippen LogP contribution is -2.12. The molecular weight excluding hydrogens is 302 g/mol. The van der Waals surface area contributed by atoms with Gasteiger partial charge in [-0.1, -0.05) is 5.16 Å². The van der Waals surface area contributed by atoms with Gasteiger partial charge in [-0.25, -0.2) is 8.42 Å². The molecule has 0 aliphatic heterocycles. The van der Waals surface area contributed by atoms with E-state index in [1.54, 1.807) is 0 Å². The SMILES string of the molecule is Nc1nsc(NCCc2ncno2)c1S(=O)(=O)C1CC1. The summed E-state index contributed by atoms with van der Waals surface area (Å²) in [4.78, 5) is 4.02. The molecule has 108 valence electrons. The Morgan fingerprint density at radius 3 is 2.95 bits per heavy atom. The van der Waals surface area contributed by atoms with Crippen LogP contribution in [-0.2, 0) is 16.3 Å². The zero-order chi connectivity index (χ0) is 14.2. The molecule has 0 amide bonds. The largest absolute Gasteiger partial charge is 0.382 e. The average Bonchev–Trinajstić information content (AvgIpc) is 3.03. The Morgan fingerprint density at radius 2 is 2.30 bits per heavy atom. The molecule has 0 aromatic carbocycles. The van der Waals surface area contributed by atoms with Crippen LogP contribution in [0.2, 0.25) is 0 Å². The predicted octanol–water partition coefficient (Wildman–Crippen LogP) is 0.699. The van der Waals surface area contributed by atoms with E-state index >= 15 is 0 Å². The van der Waals surface area contributed by atoms with Crippen molar-refractivity contribution >= 4 is 32.2 Å². The standard InChI is InChI=1S/C10H13N5O3S2/c11-9-8(20(16,17)6-1-2-6)10(19-15-9)12-4-3-7-13-5-14-18-7/h5-6,12H,1-4H2,(H2,11,15). The van der Waals surface area contributed by atoms with Gasteiger partial charge >= 0.3 is 0 Å². The minimum absolute atomic E-state index is 0.0715. The third-order valence-corrected chi connectivity index (χ3v) is 6.23. The highest BCUT2D eigenvalue weighted by molar-refractivity contribution is 7.92. The average molecular weight is 315 g/mol. The van der Waals surface area contributed by atoms with Crippen molar-refractivity contribution < 1.29 is 12.9 Å². The summed E-state index contributed by atoms with van der Waals surface area (Å²) in [6, 6.07) is 0. The second-order valence-corrected chi connectivity index (χ2v) is 7.42. The Balaban J connectivity index is 1.74. The fraction of sp³-hybridized carbons (Fsp3) is 0.500. The van der Waals surface area contributed by atoms with Gasteiger partial charge in [-0.3, -0.25) is 0 Å². The summed E-state index contributed by atoms with van der Waals surface area (Å²) in [7, 11) is -3.36. The van der Waals surface area contributed by atoms with Gasteiger partial charge < -0.3 is 15.6 Å². The van der Waals surface area contributed by atoms with Crippen molar-refractivity contribution in [3.63, 3.8) is 0 Å². The van der Waals surface area contributed by atoms with E-state index in [4.69, 9.17) is 10.3 Å². The summed E-state index contributed by atoms with van der Waals surface area (Å²) in [6.07, 6.45) is 3.21. The number of nitrogens with two attached hydrogens (primary N) is 1. The molecule has 3 N–H and O–H groups in total. The van der Waals surface area contributed by atoms with Crippen molar-refractivity contribution in [1.82, 2.24) is 14.5 Å². The Hall–Kier alpha value is -1.68. The molecule has 0 unspecified atom stereocenters. The van der Waals surface area contributed by atoms with Crippen LogP contribution in [0.25, 0.3) is 0 Å². The first-order chi connectivity index (χ1) is 9.59. The topological polar surface area (TPSA) is 124 Å². The Morgan fingerprint density at radius 1 is 1.50 bits per heavy atom. The zero-order valence-electron chi connectivity index (χ0n) is 10.4. The molecule has 1 aliphatic carbocycles. The molecule has 0 bridgehead atoms. The summed E-state index contributed by atoms with van der Waals surface area (Å²) in [5.41, 5.74) is 5.70. The first kappa shape index (κ1) is 13.3. The van der Waals surface area contributed by atoms with Crippen molar-refractivity contribution in [1.29, 1.82) is 0 Å². The van der Waals surface area contributed by atoms with Crippen LogP contribution in [0.4, 0.5) is 10.8 Å². The summed E-state index contributed by atoms with van der Waals surface area (Å²) in [6.45, 7) is 0.469. The first-order valence-corrected chi connectivity index (χ1v) is 8.39. The monoisotopic (exact) mass is 315 g/mol. The van der Waals surface area contributed by atoms with E-state index < -0.39 is 9.84 Å². The van der Waals surface area contributed by atoms with E-state index in [0.29, 0.717) is 36.7 Å². The van der Waals surface area contributed by atoms with Crippen LogP contribution < -0.4 is 11.1 Å². The Labute approximate surface area is 119 Å². The Kier molecular flexibility index (Phi) is 3.34. The van der Waals surface area contributed by atoms with E-state index in [9.17, 15) is 8.42 Å². The number of nitrogens with one attached hydrogen (secondary N) is 1. The van der Waals surface area contributed by atoms with Gasteiger partial charge in [0.1, 0.15) is 9.90 Å². The number of nitrogen functional groups attached to an aromatic ring is 1. The molecule has 2 aromatic rings. The predicted molar refractivity (Wildman–Crippen MR) is 73.2 cm³/mol. The van der Waals surface area contributed by atoms with Gasteiger partial charge in [0.25, 0.3) is 0 Å². The lowest BCUT2D eigenvalue weighted by molar-refractivity contribution is 0.380. The fourth-order valence-corrected chi connectivity index (χ4v) is 4.73. The smallest absolute Gasteiger partial charge is 0.228 e. The van der Waals surface area contributed by atoms with Crippen LogP contribution in [0, 0.1) is 0 Å². The van der Waals surface area contributed by atoms with E-state index in [2.05, 4.69) is 19.8 Å². The van der Waals surface area contributed by atoms with Gasteiger partial charge in [-0.15, -0.1) is 0 Å². The minimum atomic E-state index is -3.36. The summed E-state index contributed by atoms with van der Waals surface area (Å²) >= 11 is 1.05.